The van der Waals surface area contributed by atoms with E-state index in [1.54, 1.807) is 12.1 Å². The molecule has 0 saturated heterocycles. The molecule has 0 spiro atoms. The summed E-state index contributed by atoms with van der Waals surface area (Å²) in [5, 5.41) is 10.8. The summed E-state index contributed by atoms with van der Waals surface area (Å²) in [4.78, 5) is 25.8. The molecule has 0 aliphatic heterocycles. The highest BCUT2D eigenvalue weighted by molar-refractivity contribution is 9.10. The Morgan fingerprint density at radius 1 is 1.41 bits per heavy atom. The third kappa shape index (κ3) is 5.32. The number of nitrogens with one attached hydrogen (secondary N) is 2. The van der Waals surface area contributed by atoms with Crippen LogP contribution in [-0.4, -0.2) is 23.7 Å². The molecule has 0 radical (unpaired) electrons. The Morgan fingerprint density at radius 2 is 2.12 bits per heavy atom. The Labute approximate surface area is 106 Å². The van der Waals surface area contributed by atoms with Crippen LogP contribution in [0.3, 0.4) is 0 Å². The second-order valence-corrected chi connectivity index (χ2v) is 4.17. The van der Waals surface area contributed by atoms with Gasteiger partial charge < -0.3 is 10.4 Å². The third-order valence-corrected chi connectivity index (χ3v) is 2.12. The topological polar surface area (TPSA) is 87.7 Å². The molecule has 17 heavy (non-hydrogen) atoms. The van der Waals surface area contributed by atoms with E-state index >= 15 is 0 Å². The number of aryl methyl sites for hydroxylation is 1. The van der Waals surface area contributed by atoms with Gasteiger partial charge in [-0.05, 0) is 30.7 Å². The lowest BCUT2D eigenvalue weighted by Crippen LogP contribution is -2.30. The van der Waals surface area contributed by atoms with E-state index in [2.05, 4.69) is 26.1 Å². The molecule has 0 aliphatic carbocycles. The van der Waals surface area contributed by atoms with Crippen molar-refractivity contribution in [1.29, 1.82) is 0 Å². The number of amides is 2. The van der Waals surface area contributed by atoms with Crippen LogP contribution in [0.2, 0.25) is 0 Å². The van der Waals surface area contributed by atoms with Crippen LogP contribution in [0.4, 0.5) is 10.5 Å². The number of hydroxylamine groups is 1. The van der Waals surface area contributed by atoms with Crippen LogP contribution >= 0.6 is 15.9 Å². The lowest BCUT2D eigenvalue weighted by Gasteiger charge is -2.07. The summed E-state index contributed by atoms with van der Waals surface area (Å²) in [5.74, 6) is -1.16. The fourth-order valence-corrected chi connectivity index (χ4v) is 1.74. The van der Waals surface area contributed by atoms with Gasteiger partial charge in [-0.3, -0.25) is 4.84 Å². The van der Waals surface area contributed by atoms with Crippen molar-refractivity contribution >= 4 is 33.6 Å². The number of anilines is 1. The molecule has 1 aromatic rings. The number of hydrogen-bond donors (Lipinski definition) is 3. The molecular weight excluding hydrogens is 292 g/mol. The van der Waals surface area contributed by atoms with Gasteiger partial charge in [-0.25, -0.2) is 15.1 Å². The number of hydrogen-bond acceptors (Lipinski definition) is 3. The maximum Gasteiger partial charge on any atom is 0.343 e. The van der Waals surface area contributed by atoms with Gasteiger partial charge in [0.25, 0.3) is 0 Å². The second kappa shape index (κ2) is 6.21. The van der Waals surface area contributed by atoms with Gasteiger partial charge in [0.05, 0.1) is 0 Å². The third-order valence-electron chi connectivity index (χ3n) is 1.66. The normalized spacial score (nSPS) is 9.76. The molecular formula is C10H11BrN2O4. The zero-order chi connectivity index (χ0) is 12.8. The first kappa shape index (κ1) is 13.5. The second-order valence-electron chi connectivity index (χ2n) is 3.26. The Balaban J connectivity index is 2.47. The fraction of sp³-hybridized carbons (Fsp3) is 0.200. The number of benzene rings is 1. The van der Waals surface area contributed by atoms with Crippen molar-refractivity contribution in [2.75, 3.05) is 11.9 Å². The molecule has 0 unspecified atom stereocenters. The zero-order valence-corrected chi connectivity index (χ0v) is 10.6. The zero-order valence-electron chi connectivity index (χ0n) is 8.99. The molecule has 0 aromatic heterocycles. The summed E-state index contributed by atoms with van der Waals surface area (Å²) in [6.45, 7) is 1.29. The summed E-state index contributed by atoms with van der Waals surface area (Å²) in [7, 11) is 0. The minimum absolute atomic E-state index is 0.577. The first-order chi connectivity index (χ1) is 7.97. The molecule has 0 bridgehead atoms. The van der Waals surface area contributed by atoms with Crippen LogP contribution in [0.1, 0.15) is 5.56 Å². The smallest absolute Gasteiger partial charge is 0.343 e. The highest BCUT2D eigenvalue weighted by Crippen LogP contribution is 2.18. The summed E-state index contributed by atoms with van der Waals surface area (Å²) in [6.07, 6.45) is 0. The summed E-state index contributed by atoms with van der Waals surface area (Å²) >= 11 is 3.29. The van der Waals surface area contributed by atoms with Crippen LogP contribution < -0.4 is 10.8 Å². The van der Waals surface area contributed by atoms with E-state index in [1.807, 2.05) is 18.5 Å². The monoisotopic (exact) mass is 302 g/mol. The Bertz CT molecular complexity index is 416. The highest BCUT2D eigenvalue weighted by Gasteiger charge is 2.04. The van der Waals surface area contributed by atoms with Crippen molar-refractivity contribution in [3.8, 4) is 0 Å². The number of carboxylic acids is 1. The Hall–Kier alpha value is -1.60. The average molecular weight is 303 g/mol. The molecule has 7 heteroatoms. The Kier molecular flexibility index (Phi) is 4.92. The van der Waals surface area contributed by atoms with Gasteiger partial charge in [0.1, 0.15) is 0 Å². The molecule has 6 nitrogen and oxygen atoms in total. The van der Waals surface area contributed by atoms with Crippen LogP contribution in [0, 0.1) is 6.92 Å². The number of carbonyl (C=O) groups is 2. The number of rotatable bonds is 4. The van der Waals surface area contributed by atoms with E-state index < -0.39 is 18.6 Å². The highest BCUT2D eigenvalue weighted by atomic mass is 79.9. The van der Waals surface area contributed by atoms with E-state index in [0.29, 0.717) is 5.69 Å². The number of halogens is 1. The summed E-state index contributed by atoms with van der Waals surface area (Å²) < 4.78 is 0.833. The van der Waals surface area contributed by atoms with Crippen LogP contribution in [-0.2, 0) is 9.63 Å². The van der Waals surface area contributed by atoms with E-state index in [9.17, 15) is 9.59 Å². The van der Waals surface area contributed by atoms with E-state index in [-0.39, 0.29) is 0 Å². The van der Waals surface area contributed by atoms with Crippen molar-refractivity contribution < 1.29 is 19.5 Å². The average Bonchev–Trinajstić information content (AvgIpc) is 2.14. The largest absolute Gasteiger partial charge is 0.479 e. The van der Waals surface area contributed by atoms with Gasteiger partial charge in [0.15, 0.2) is 6.61 Å². The van der Waals surface area contributed by atoms with Gasteiger partial charge in [-0.2, -0.15) is 0 Å². The van der Waals surface area contributed by atoms with Crippen molar-refractivity contribution in [3.05, 3.63) is 28.2 Å². The standard InChI is InChI=1S/C10H11BrN2O4/c1-6-2-7(11)4-8(3-6)12-10(16)13-17-5-9(14)15/h2-4H,5H2,1H3,(H,14,15)(H2,12,13,16). The van der Waals surface area contributed by atoms with Crippen molar-refractivity contribution in [2.24, 2.45) is 0 Å². The minimum Gasteiger partial charge on any atom is -0.479 e. The lowest BCUT2D eigenvalue weighted by atomic mass is 10.2. The van der Waals surface area contributed by atoms with Crippen LogP contribution in [0.15, 0.2) is 22.7 Å². The van der Waals surface area contributed by atoms with Gasteiger partial charge >= 0.3 is 12.0 Å². The van der Waals surface area contributed by atoms with E-state index in [0.717, 1.165) is 10.0 Å². The lowest BCUT2D eigenvalue weighted by molar-refractivity contribution is -0.143. The van der Waals surface area contributed by atoms with Gasteiger partial charge in [-0.1, -0.05) is 15.9 Å². The first-order valence-electron chi connectivity index (χ1n) is 4.65. The quantitative estimate of drug-likeness (QED) is 0.741. The molecule has 3 N–H and O–H groups in total. The molecule has 0 fully saturated rings. The molecule has 1 aromatic carbocycles. The molecule has 2 amide bonds. The van der Waals surface area contributed by atoms with E-state index in [4.69, 9.17) is 5.11 Å². The molecule has 0 aliphatic rings. The maximum absolute atomic E-state index is 11.3. The molecule has 92 valence electrons. The maximum atomic E-state index is 11.3. The summed E-state index contributed by atoms with van der Waals surface area (Å²) in [6, 6.07) is 4.73. The SMILES string of the molecule is Cc1cc(Br)cc(NC(=O)NOCC(=O)O)c1. The van der Waals surface area contributed by atoms with Crippen molar-refractivity contribution in [1.82, 2.24) is 5.48 Å². The minimum atomic E-state index is -1.16. The number of urea groups is 1. The van der Waals surface area contributed by atoms with Gasteiger partial charge in [-0.15, -0.1) is 0 Å². The van der Waals surface area contributed by atoms with E-state index in [1.165, 1.54) is 0 Å². The number of aliphatic carboxylic acids is 1. The molecule has 0 saturated carbocycles. The van der Waals surface area contributed by atoms with Gasteiger partial charge in [0.2, 0.25) is 0 Å². The molecule has 1 rings (SSSR count). The van der Waals surface area contributed by atoms with Gasteiger partial charge in [0, 0.05) is 10.2 Å². The number of carbonyl (C=O) groups excluding carboxylic acids is 1. The van der Waals surface area contributed by atoms with Crippen molar-refractivity contribution in [3.63, 3.8) is 0 Å². The van der Waals surface area contributed by atoms with Crippen molar-refractivity contribution in [2.45, 2.75) is 6.92 Å². The summed E-state index contributed by atoms with van der Waals surface area (Å²) in [5.41, 5.74) is 3.51. The number of carboxylic acid groups (broad SMARTS) is 1. The van der Waals surface area contributed by atoms with Crippen LogP contribution in [0.25, 0.3) is 0 Å². The fourth-order valence-electron chi connectivity index (χ4n) is 1.13. The first-order valence-corrected chi connectivity index (χ1v) is 5.44. The Morgan fingerprint density at radius 3 is 2.71 bits per heavy atom. The predicted molar refractivity (Wildman–Crippen MR) is 64.6 cm³/mol. The van der Waals surface area contributed by atoms with Crippen LogP contribution in [0.5, 0.6) is 0 Å². The molecule has 0 heterocycles. The molecule has 0 atom stereocenters. The predicted octanol–water partition coefficient (Wildman–Crippen LogP) is 1.90.